The average molecular weight is 192 g/mol. The summed E-state index contributed by atoms with van der Waals surface area (Å²) in [4.78, 5) is 23.0. The number of aliphatic carboxylic acids is 1. The van der Waals surface area contributed by atoms with Crippen molar-refractivity contribution in [3.63, 3.8) is 0 Å². The van der Waals surface area contributed by atoms with E-state index in [0.717, 1.165) is 6.42 Å². The standard InChI is InChI=1S/C11H12O3/c12-8-3-4-11(10(13)14)7-2-1-6(5-7)9(8)11/h1-2,6-7,9H,3-5H2,(H,13,14)/t6-,7+,9+,11-/m1/s1. The van der Waals surface area contributed by atoms with Gasteiger partial charge < -0.3 is 5.11 Å². The highest BCUT2D eigenvalue weighted by molar-refractivity contribution is 5.94. The minimum absolute atomic E-state index is 0.112. The van der Waals surface area contributed by atoms with Crippen molar-refractivity contribution in [2.45, 2.75) is 19.3 Å². The van der Waals surface area contributed by atoms with E-state index in [1.807, 2.05) is 12.2 Å². The van der Waals surface area contributed by atoms with Crippen LogP contribution in [0.25, 0.3) is 0 Å². The maximum Gasteiger partial charge on any atom is 0.311 e. The maximum atomic E-state index is 11.7. The van der Waals surface area contributed by atoms with Gasteiger partial charge in [0.15, 0.2) is 0 Å². The van der Waals surface area contributed by atoms with Crippen LogP contribution in [0.3, 0.4) is 0 Å². The number of fused-ring (bicyclic) bond motifs is 5. The molecular formula is C11H12O3. The smallest absolute Gasteiger partial charge is 0.311 e. The summed E-state index contributed by atoms with van der Waals surface area (Å²) in [6.45, 7) is 0. The molecule has 2 bridgehead atoms. The quantitative estimate of drug-likeness (QED) is 0.636. The Morgan fingerprint density at radius 1 is 1.50 bits per heavy atom. The summed E-state index contributed by atoms with van der Waals surface area (Å²) in [5.74, 6) is -0.475. The fourth-order valence-electron chi connectivity index (χ4n) is 3.72. The van der Waals surface area contributed by atoms with Crippen LogP contribution in [0.4, 0.5) is 0 Å². The molecule has 0 radical (unpaired) electrons. The van der Waals surface area contributed by atoms with Gasteiger partial charge in [-0.05, 0) is 24.7 Å². The third-order valence-corrected chi connectivity index (χ3v) is 4.29. The molecule has 0 aromatic carbocycles. The van der Waals surface area contributed by atoms with Crippen molar-refractivity contribution in [3.05, 3.63) is 12.2 Å². The van der Waals surface area contributed by atoms with E-state index in [-0.39, 0.29) is 23.5 Å². The molecule has 1 N–H and O–H groups in total. The van der Waals surface area contributed by atoms with Crippen molar-refractivity contribution < 1.29 is 14.7 Å². The molecule has 2 saturated carbocycles. The van der Waals surface area contributed by atoms with Crippen molar-refractivity contribution in [1.82, 2.24) is 0 Å². The number of hydrogen-bond acceptors (Lipinski definition) is 2. The fraction of sp³-hybridized carbons (Fsp3) is 0.636. The lowest BCUT2D eigenvalue weighted by Crippen LogP contribution is -2.40. The average Bonchev–Trinajstić information content (AvgIpc) is 2.76. The van der Waals surface area contributed by atoms with Crippen molar-refractivity contribution >= 4 is 11.8 Å². The van der Waals surface area contributed by atoms with Crippen LogP contribution in [0.1, 0.15) is 19.3 Å². The number of allylic oxidation sites excluding steroid dienone is 2. The number of rotatable bonds is 1. The third-order valence-electron chi connectivity index (χ3n) is 4.29. The number of hydrogen-bond donors (Lipinski definition) is 1. The van der Waals surface area contributed by atoms with Crippen molar-refractivity contribution in [1.29, 1.82) is 0 Å². The van der Waals surface area contributed by atoms with Gasteiger partial charge in [0.05, 0.1) is 5.41 Å². The molecule has 2 fully saturated rings. The molecule has 0 heterocycles. The number of carboxylic acids is 1. The molecular weight excluding hydrogens is 180 g/mol. The highest BCUT2D eigenvalue weighted by Crippen LogP contribution is 2.62. The Morgan fingerprint density at radius 3 is 2.93 bits per heavy atom. The molecule has 14 heavy (non-hydrogen) atoms. The van der Waals surface area contributed by atoms with Gasteiger partial charge in [0, 0.05) is 12.3 Å². The summed E-state index contributed by atoms with van der Waals surface area (Å²) < 4.78 is 0. The van der Waals surface area contributed by atoms with Crippen molar-refractivity contribution in [2.75, 3.05) is 0 Å². The van der Waals surface area contributed by atoms with E-state index in [9.17, 15) is 14.7 Å². The predicted octanol–water partition coefficient (Wildman–Crippen LogP) is 1.24. The van der Waals surface area contributed by atoms with Crippen LogP contribution >= 0.6 is 0 Å². The third kappa shape index (κ3) is 0.668. The lowest BCUT2D eigenvalue weighted by Gasteiger charge is -2.31. The summed E-state index contributed by atoms with van der Waals surface area (Å²) >= 11 is 0. The predicted molar refractivity (Wildman–Crippen MR) is 48.5 cm³/mol. The zero-order valence-electron chi connectivity index (χ0n) is 7.77. The summed E-state index contributed by atoms with van der Waals surface area (Å²) in [6.07, 6.45) is 5.94. The molecule has 3 aliphatic carbocycles. The first kappa shape index (κ1) is 8.21. The van der Waals surface area contributed by atoms with Crippen LogP contribution in [-0.2, 0) is 9.59 Å². The van der Waals surface area contributed by atoms with Crippen LogP contribution < -0.4 is 0 Å². The molecule has 0 saturated heterocycles. The number of carbonyl (C=O) groups is 2. The van der Waals surface area contributed by atoms with Crippen LogP contribution in [0.5, 0.6) is 0 Å². The van der Waals surface area contributed by atoms with Gasteiger partial charge in [-0.2, -0.15) is 0 Å². The molecule has 3 nitrogen and oxygen atoms in total. The minimum Gasteiger partial charge on any atom is -0.481 e. The zero-order valence-corrected chi connectivity index (χ0v) is 7.77. The summed E-state index contributed by atoms with van der Waals surface area (Å²) in [6, 6.07) is 0. The molecule has 4 atom stereocenters. The van der Waals surface area contributed by atoms with Crippen LogP contribution in [0.2, 0.25) is 0 Å². The monoisotopic (exact) mass is 192 g/mol. The van der Waals surface area contributed by atoms with Crippen LogP contribution in [0.15, 0.2) is 12.2 Å². The molecule has 0 amide bonds. The van der Waals surface area contributed by atoms with Crippen molar-refractivity contribution in [2.24, 2.45) is 23.2 Å². The van der Waals surface area contributed by atoms with Gasteiger partial charge in [-0.1, -0.05) is 12.2 Å². The highest BCUT2D eigenvalue weighted by Gasteiger charge is 2.65. The molecule has 0 aromatic heterocycles. The molecule has 0 aromatic rings. The first-order valence-electron chi connectivity index (χ1n) is 5.10. The van der Waals surface area contributed by atoms with Gasteiger partial charge in [-0.3, -0.25) is 9.59 Å². The Hall–Kier alpha value is -1.12. The summed E-state index contributed by atoms with van der Waals surface area (Å²) in [5.41, 5.74) is -0.726. The molecule has 3 heteroatoms. The van der Waals surface area contributed by atoms with Gasteiger partial charge in [-0.25, -0.2) is 0 Å². The summed E-state index contributed by atoms with van der Waals surface area (Å²) in [5, 5.41) is 9.33. The van der Waals surface area contributed by atoms with Gasteiger partial charge in [0.1, 0.15) is 5.78 Å². The molecule has 0 aliphatic heterocycles. The van der Waals surface area contributed by atoms with E-state index in [1.165, 1.54) is 0 Å². The second-order valence-corrected chi connectivity index (χ2v) is 4.68. The lowest BCUT2D eigenvalue weighted by atomic mass is 9.70. The zero-order chi connectivity index (χ0) is 9.92. The largest absolute Gasteiger partial charge is 0.481 e. The number of carboxylic acid groups (broad SMARTS) is 1. The van der Waals surface area contributed by atoms with E-state index in [4.69, 9.17) is 0 Å². The van der Waals surface area contributed by atoms with E-state index in [1.54, 1.807) is 0 Å². The number of carbonyl (C=O) groups excluding carboxylic acids is 1. The first-order chi connectivity index (χ1) is 6.66. The molecule has 0 spiro atoms. The van der Waals surface area contributed by atoms with E-state index in [0.29, 0.717) is 12.8 Å². The van der Waals surface area contributed by atoms with Gasteiger partial charge >= 0.3 is 5.97 Å². The van der Waals surface area contributed by atoms with Gasteiger partial charge in [0.2, 0.25) is 0 Å². The first-order valence-corrected chi connectivity index (χ1v) is 5.10. The molecule has 3 rings (SSSR count). The Morgan fingerprint density at radius 2 is 2.29 bits per heavy atom. The van der Waals surface area contributed by atoms with Gasteiger partial charge in [0.25, 0.3) is 0 Å². The number of Topliss-reactive ketones (excluding diaryl/α,β-unsaturated/α-hetero) is 1. The second kappa shape index (κ2) is 2.27. The van der Waals surface area contributed by atoms with Gasteiger partial charge in [-0.15, -0.1) is 0 Å². The Labute approximate surface area is 81.8 Å². The summed E-state index contributed by atoms with van der Waals surface area (Å²) in [7, 11) is 0. The van der Waals surface area contributed by atoms with Crippen LogP contribution in [0, 0.1) is 23.2 Å². The second-order valence-electron chi connectivity index (χ2n) is 4.68. The Bertz CT molecular complexity index is 358. The number of ketones is 1. The molecule has 74 valence electrons. The molecule has 0 unspecified atom stereocenters. The SMILES string of the molecule is O=C1CC[C@]2(C(=O)O)[C@H]1[C@@H]1C=C[C@H]2C1. The van der Waals surface area contributed by atoms with Crippen LogP contribution in [-0.4, -0.2) is 16.9 Å². The minimum atomic E-state index is -0.759. The Balaban J connectivity index is 2.14. The highest BCUT2D eigenvalue weighted by atomic mass is 16.4. The lowest BCUT2D eigenvalue weighted by molar-refractivity contribution is -0.154. The van der Waals surface area contributed by atoms with E-state index in [2.05, 4.69) is 0 Å². The Kier molecular flexibility index (Phi) is 1.33. The van der Waals surface area contributed by atoms with E-state index >= 15 is 0 Å². The van der Waals surface area contributed by atoms with Crippen molar-refractivity contribution in [3.8, 4) is 0 Å². The fourth-order valence-corrected chi connectivity index (χ4v) is 3.72. The molecule has 3 aliphatic rings. The normalized spacial score (nSPS) is 48.6. The maximum absolute atomic E-state index is 11.7. The van der Waals surface area contributed by atoms with E-state index < -0.39 is 11.4 Å². The topological polar surface area (TPSA) is 54.4 Å².